The molecular weight excluding hydrogens is 269 g/mol. The number of benzene rings is 2. The van der Waals surface area contributed by atoms with Gasteiger partial charge in [0.15, 0.2) is 0 Å². The van der Waals surface area contributed by atoms with Crippen LogP contribution in [0.2, 0.25) is 0 Å². The Balaban J connectivity index is 2.15. The van der Waals surface area contributed by atoms with E-state index < -0.39 is 5.97 Å². The van der Waals surface area contributed by atoms with E-state index in [-0.39, 0.29) is 12.4 Å². The fourth-order valence-electron chi connectivity index (χ4n) is 2.11. The van der Waals surface area contributed by atoms with Crippen LogP contribution in [-0.2, 0) is 11.3 Å². The van der Waals surface area contributed by atoms with E-state index in [0.717, 1.165) is 16.7 Å². The van der Waals surface area contributed by atoms with E-state index in [1.165, 1.54) is 12.1 Å². The number of ether oxygens (including phenoxy) is 1. The predicted octanol–water partition coefficient (Wildman–Crippen LogP) is 3.69. The minimum absolute atomic E-state index is 0.0373. The standard InChI is InChI=1S/C17H18FNO2/c1-10-4-5-14(18)7-13(10)9-21-17(20)15-8-16(19)12(3)6-11(15)2/h4-8H,9,19H2,1-3H3. The zero-order valence-corrected chi connectivity index (χ0v) is 12.4. The van der Waals surface area contributed by atoms with Gasteiger partial charge < -0.3 is 10.5 Å². The van der Waals surface area contributed by atoms with Crippen LogP contribution >= 0.6 is 0 Å². The molecule has 2 rings (SSSR count). The molecule has 0 aliphatic carbocycles. The number of esters is 1. The Bertz CT molecular complexity index is 695. The molecule has 0 aliphatic rings. The number of hydrogen-bond acceptors (Lipinski definition) is 3. The summed E-state index contributed by atoms with van der Waals surface area (Å²) in [5.74, 6) is -0.801. The highest BCUT2D eigenvalue weighted by atomic mass is 19.1. The van der Waals surface area contributed by atoms with Gasteiger partial charge in [-0.2, -0.15) is 0 Å². The van der Waals surface area contributed by atoms with Gasteiger partial charge in [0.25, 0.3) is 0 Å². The van der Waals surface area contributed by atoms with Crippen molar-refractivity contribution in [1.82, 2.24) is 0 Å². The van der Waals surface area contributed by atoms with Crippen molar-refractivity contribution >= 4 is 11.7 Å². The number of hydrogen-bond donors (Lipinski definition) is 1. The van der Waals surface area contributed by atoms with Gasteiger partial charge in [-0.3, -0.25) is 0 Å². The lowest BCUT2D eigenvalue weighted by Crippen LogP contribution is -2.09. The van der Waals surface area contributed by atoms with Crippen LogP contribution in [0.25, 0.3) is 0 Å². The maximum absolute atomic E-state index is 13.2. The Morgan fingerprint density at radius 2 is 1.81 bits per heavy atom. The molecule has 0 heterocycles. The van der Waals surface area contributed by atoms with Crippen molar-refractivity contribution in [3.05, 3.63) is 64.0 Å². The quantitative estimate of drug-likeness (QED) is 0.692. The number of nitrogens with two attached hydrogens (primary N) is 1. The van der Waals surface area contributed by atoms with Crippen LogP contribution in [0, 0.1) is 26.6 Å². The first-order valence-corrected chi connectivity index (χ1v) is 6.67. The molecule has 0 radical (unpaired) electrons. The second-order valence-corrected chi connectivity index (χ2v) is 5.17. The molecule has 0 fully saturated rings. The van der Waals surface area contributed by atoms with E-state index in [4.69, 9.17) is 10.5 Å². The third-order valence-electron chi connectivity index (χ3n) is 3.50. The molecule has 0 atom stereocenters. The summed E-state index contributed by atoms with van der Waals surface area (Å²) in [5, 5.41) is 0. The maximum Gasteiger partial charge on any atom is 0.338 e. The van der Waals surface area contributed by atoms with Crippen molar-refractivity contribution in [2.24, 2.45) is 0 Å². The lowest BCUT2D eigenvalue weighted by atomic mass is 10.0. The van der Waals surface area contributed by atoms with Gasteiger partial charge in [0.1, 0.15) is 12.4 Å². The van der Waals surface area contributed by atoms with Crippen LogP contribution in [0.4, 0.5) is 10.1 Å². The Morgan fingerprint density at radius 3 is 2.52 bits per heavy atom. The summed E-state index contributed by atoms with van der Waals surface area (Å²) in [4.78, 5) is 12.1. The number of carbonyl (C=O) groups is 1. The fraction of sp³-hybridized carbons (Fsp3) is 0.235. The third kappa shape index (κ3) is 3.40. The van der Waals surface area contributed by atoms with Gasteiger partial charge in [0.2, 0.25) is 0 Å². The van der Waals surface area contributed by atoms with E-state index in [9.17, 15) is 9.18 Å². The van der Waals surface area contributed by atoms with Gasteiger partial charge in [0.05, 0.1) is 5.56 Å². The highest BCUT2D eigenvalue weighted by Gasteiger charge is 2.13. The number of aryl methyl sites for hydroxylation is 3. The number of anilines is 1. The molecule has 0 aromatic heterocycles. The van der Waals surface area contributed by atoms with Crippen LogP contribution in [0.15, 0.2) is 30.3 Å². The molecular formula is C17H18FNO2. The van der Waals surface area contributed by atoms with Crippen molar-refractivity contribution in [1.29, 1.82) is 0 Å². The highest BCUT2D eigenvalue weighted by Crippen LogP contribution is 2.19. The summed E-state index contributed by atoms with van der Waals surface area (Å²) in [6.07, 6.45) is 0. The molecule has 0 bridgehead atoms. The molecule has 0 saturated heterocycles. The van der Waals surface area contributed by atoms with Gasteiger partial charge in [0, 0.05) is 5.69 Å². The van der Waals surface area contributed by atoms with Crippen LogP contribution in [0.5, 0.6) is 0 Å². The topological polar surface area (TPSA) is 52.3 Å². The van der Waals surface area contributed by atoms with Crippen molar-refractivity contribution in [2.75, 3.05) is 5.73 Å². The summed E-state index contributed by atoms with van der Waals surface area (Å²) < 4.78 is 18.5. The van der Waals surface area contributed by atoms with E-state index in [1.54, 1.807) is 12.1 Å². The zero-order chi connectivity index (χ0) is 15.6. The van der Waals surface area contributed by atoms with Gasteiger partial charge in [-0.05, 0) is 61.2 Å². The number of rotatable bonds is 3. The number of halogens is 1. The summed E-state index contributed by atoms with van der Waals surface area (Å²) in [7, 11) is 0. The summed E-state index contributed by atoms with van der Waals surface area (Å²) in [6.45, 7) is 5.59. The molecule has 3 nitrogen and oxygen atoms in total. The van der Waals surface area contributed by atoms with Crippen LogP contribution in [0.1, 0.15) is 32.6 Å². The van der Waals surface area contributed by atoms with Crippen molar-refractivity contribution in [2.45, 2.75) is 27.4 Å². The van der Waals surface area contributed by atoms with Gasteiger partial charge >= 0.3 is 5.97 Å². The first kappa shape index (κ1) is 15.0. The smallest absolute Gasteiger partial charge is 0.338 e. The Hall–Kier alpha value is -2.36. The number of nitrogen functional groups attached to an aromatic ring is 1. The van der Waals surface area contributed by atoms with Crippen LogP contribution in [0.3, 0.4) is 0 Å². The van der Waals surface area contributed by atoms with Crippen LogP contribution in [-0.4, -0.2) is 5.97 Å². The molecule has 4 heteroatoms. The average Bonchev–Trinajstić information content (AvgIpc) is 2.43. The molecule has 0 unspecified atom stereocenters. The Labute approximate surface area is 123 Å². The normalized spacial score (nSPS) is 10.5. The summed E-state index contributed by atoms with van der Waals surface area (Å²) in [6, 6.07) is 7.88. The van der Waals surface area contributed by atoms with Crippen molar-refractivity contribution < 1.29 is 13.9 Å². The highest BCUT2D eigenvalue weighted by molar-refractivity contribution is 5.92. The van der Waals surface area contributed by atoms with E-state index in [1.807, 2.05) is 26.8 Å². The molecule has 0 spiro atoms. The summed E-state index contributed by atoms with van der Waals surface area (Å²) >= 11 is 0. The SMILES string of the molecule is Cc1cc(C)c(C(=O)OCc2cc(F)ccc2C)cc1N. The first-order valence-electron chi connectivity index (χ1n) is 6.67. The number of carbonyl (C=O) groups excluding carboxylic acids is 1. The van der Waals surface area contributed by atoms with Gasteiger partial charge in [-0.15, -0.1) is 0 Å². The molecule has 0 aliphatic heterocycles. The molecule has 0 amide bonds. The summed E-state index contributed by atoms with van der Waals surface area (Å²) in [5.41, 5.74) is 10.1. The first-order chi connectivity index (χ1) is 9.88. The van der Waals surface area contributed by atoms with Gasteiger partial charge in [-0.25, -0.2) is 9.18 Å². The van der Waals surface area contributed by atoms with Crippen molar-refractivity contribution in [3.63, 3.8) is 0 Å². The minimum atomic E-state index is -0.456. The van der Waals surface area contributed by atoms with Gasteiger partial charge in [-0.1, -0.05) is 12.1 Å². The predicted molar refractivity (Wildman–Crippen MR) is 80.6 cm³/mol. The fourth-order valence-corrected chi connectivity index (χ4v) is 2.11. The molecule has 2 aromatic rings. The van der Waals surface area contributed by atoms with E-state index in [0.29, 0.717) is 16.8 Å². The largest absolute Gasteiger partial charge is 0.457 e. The molecule has 21 heavy (non-hydrogen) atoms. The lowest BCUT2D eigenvalue weighted by Gasteiger charge is -2.11. The third-order valence-corrected chi connectivity index (χ3v) is 3.50. The molecule has 110 valence electrons. The molecule has 0 saturated carbocycles. The molecule has 2 aromatic carbocycles. The average molecular weight is 287 g/mol. The zero-order valence-electron chi connectivity index (χ0n) is 12.4. The van der Waals surface area contributed by atoms with E-state index >= 15 is 0 Å². The Morgan fingerprint density at radius 1 is 1.10 bits per heavy atom. The Kier molecular flexibility index (Phi) is 4.26. The second kappa shape index (κ2) is 5.95. The monoisotopic (exact) mass is 287 g/mol. The molecule has 2 N–H and O–H groups in total. The van der Waals surface area contributed by atoms with Crippen LogP contribution < -0.4 is 5.73 Å². The second-order valence-electron chi connectivity index (χ2n) is 5.17. The van der Waals surface area contributed by atoms with Crippen molar-refractivity contribution in [3.8, 4) is 0 Å². The van der Waals surface area contributed by atoms with E-state index in [2.05, 4.69) is 0 Å². The maximum atomic E-state index is 13.2. The minimum Gasteiger partial charge on any atom is -0.457 e. The lowest BCUT2D eigenvalue weighted by molar-refractivity contribution is 0.0471.